The zero-order chi connectivity index (χ0) is 11.0. The van der Waals surface area contributed by atoms with Crippen molar-refractivity contribution in [2.24, 2.45) is 0 Å². The van der Waals surface area contributed by atoms with Crippen LogP contribution in [-0.4, -0.2) is 18.6 Å². The Morgan fingerprint density at radius 3 is 2.50 bits per heavy atom. The molecule has 0 bridgehead atoms. The summed E-state index contributed by atoms with van der Waals surface area (Å²) in [6.45, 7) is 0. The van der Waals surface area contributed by atoms with Gasteiger partial charge in [-0.15, -0.1) is 0 Å². The molecule has 1 rings (SSSR count). The summed E-state index contributed by atoms with van der Waals surface area (Å²) in [5, 5.41) is 4.77. The molecule has 1 N–H and O–H groups in total. The van der Waals surface area contributed by atoms with Gasteiger partial charge in [0.2, 0.25) is 9.05 Å². The second-order valence-electron chi connectivity index (χ2n) is 2.45. The van der Waals surface area contributed by atoms with E-state index in [9.17, 15) is 21.6 Å². The lowest BCUT2D eigenvalue weighted by molar-refractivity contribution is -0.141. The Balaban J connectivity index is 3.06. The average Bonchev–Trinajstić information content (AvgIpc) is 2.29. The van der Waals surface area contributed by atoms with Gasteiger partial charge in [-0.1, -0.05) is 0 Å². The number of hydrogen-bond donors (Lipinski definition) is 1. The van der Waals surface area contributed by atoms with Crippen LogP contribution in [0.4, 0.5) is 13.2 Å². The molecule has 0 unspecified atom stereocenters. The Morgan fingerprint density at radius 1 is 1.50 bits per heavy atom. The molecule has 0 saturated heterocycles. The fraction of sp³-hybridized carbons (Fsp3) is 0.400. The van der Waals surface area contributed by atoms with Gasteiger partial charge in [-0.3, -0.25) is 5.10 Å². The van der Waals surface area contributed by atoms with Crippen molar-refractivity contribution >= 4 is 19.7 Å². The number of H-pyrrole nitrogens is 1. The van der Waals surface area contributed by atoms with E-state index in [1.807, 2.05) is 0 Å². The summed E-state index contributed by atoms with van der Waals surface area (Å²) in [4.78, 5) is 0. The molecule has 0 saturated carbocycles. The molecule has 4 nitrogen and oxygen atoms in total. The van der Waals surface area contributed by atoms with Crippen molar-refractivity contribution in [3.05, 3.63) is 17.5 Å². The number of nitrogens with zero attached hydrogens (tertiary/aromatic N) is 1. The Morgan fingerprint density at radius 2 is 2.07 bits per heavy atom. The number of aromatic amines is 1. The van der Waals surface area contributed by atoms with Gasteiger partial charge in [0.1, 0.15) is 5.69 Å². The third kappa shape index (κ3) is 2.88. The van der Waals surface area contributed by atoms with Crippen LogP contribution in [0.5, 0.6) is 0 Å². The molecule has 0 aliphatic carbocycles. The van der Waals surface area contributed by atoms with Crippen molar-refractivity contribution in [1.82, 2.24) is 10.2 Å². The molecule has 1 aromatic rings. The highest BCUT2D eigenvalue weighted by atomic mass is 35.7. The van der Waals surface area contributed by atoms with Crippen molar-refractivity contribution < 1.29 is 21.6 Å². The first-order chi connectivity index (χ1) is 6.20. The van der Waals surface area contributed by atoms with Crippen molar-refractivity contribution in [3.8, 4) is 0 Å². The molecule has 9 heteroatoms. The van der Waals surface area contributed by atoms with Crippen molar-refractivity contribution in [2.45, 2.75) is 11.9 Å². The highest BCUT2D eigenvalue weighted by Crippen LogP contribution is 2.31. The molecule has 0 fully saturated rings. The number of aromatic nitrogens is 2. The summed E-state index contributed by atoms with van der Waals surface area (Å²) in [7, 11) is 0.792. The van der Waals surface area contributed by atoms with Crippen LogP contribution >= 0.6 is 10.7 Å². The molecule has 14 heavy (non-hydrogen) atoms. The van der Waals surface area contributed by atoms with Gasteiger partial charge in [-0.05, 0) is 0 Å². The maximum absolute atomic E-state index is 12.1. The Bertz CT molecular complexity index is 424. The van der Waals surface area contributed by atoms with Crippen LogP contribution in [0.1, 0.15) is 11.3 Å². The van der Waals surface area contributed by atoms with E-state index in [-0.39, 0.29) is 0 Å². The number of rotatable bonds is 2. The van der Waals surface area contributed by atoms with Gasteiger partial charge in [-0.2, -0.15) is 18.3 Å². The van der Waals surface area contributed by atoms with E-state index in [1.54, 1.807) is 5.10 Å². The molecule has 1 heterocycles. The third-order valence-electron chi connectivity index (χ3n) is 1.33. The zero-order valence-electron chi connectivity index (χ0n) is 6.47. The van der Waals surface area contributed by atoms with Gasteiger partial charge in [0.15, 0.2) is 0 Å². The minimum atomic E-state index is -4.66. The number of hydrogen-bond acceptors (Lipinski definition) is 3. The maximum Gasteiger partial charge on any atom is 0.433 e. The molecule has 0 amide bonds. The largest absolute Gasteiger partial charge is 0.433 e. The predicted molar refractivity (Wildman–Crippen MR) is 42.1 cm³/mol. The van der Waals surface area contributed by atoms with Crippen molar-refractivity contribution in [3.63, 3.8) is 0 Å². The first kappa shape index (κ1) is 11.3. The van der Waals surface area contributed by atoms with Gasteiger partial charge in [0.25, 0.3) is 0 Å². The molecule has 1 aromatic heterocycles. The van der Waals surface area contributed by atoms with Crippen LogP contribution in [0.2, 0.25) is 0 Å². The van der Waals surface area contributed by atoms with Crippen LogP contribution < -0.4 is 0 Å². The highest BCUT2D eigenvalue weighted by Gasteiger charge is 2.36. The fourth-order valence-corrected chi connectivity index (χ4v) is 1.79. The lowest BCUT2D eigenvalue weighted by atomic mass is 10.3. The quantitative estimate of drug-likeness (QED) is 0.807. The molecule has 0 atom stereocenters. The average molecular weight is 249 g/mol. The summed E-state index contributed by atoms with van der Waals surface area (Å²) in [5.74, 6) is -0.903. The van der Waals surface area contributed by atoms with Crippen molar-refractivity contribution in [2.75, 3.05) is 0 Å². The Labute approximate surface area is 81.5 Å². The molecule has 0 radical (unpaired) electrons. The smallest absolute Gasteiger partial charge is 0.273 e. The second kappa shape index (κ2) is 3.43. The first-order valence-corrected chi connectivity index (χ1v) is 5.70. The van der Waals surface area contributed by atoms with Gasteiger partial charge in [0.05, 0.1) is 11.9 Å². The lowest BCUT2D eigenvalue weighted by Gasteiger charge is -2.04. The second-order valence-corrected chi connectivity index (χ2v) is 5.23. The van der Waals surface area contributed by atoms with E-state index in [0.717, 1.165) is 6.20 Å². The SMILES string of the molecule is O=S(=O)(Cl)Cc1cn[nH]c1C(F)(F)F. The minimum Gasteiger partial charge on any atom is -0.273 e. The summed E-state index contributed by atoms with van der Waals surface area (Å²) in [6.07, 6.45) is -3.88. The Hall–Kier alpha value is -0.760. The van der Waals surface area contributed by atoms with Crippen LogP contribution in [-0.2, 0) is 21.0 Å². The lowest BCUT2D eigenvalue weighted by Crippen LogP contribution is -2.10. The minimum absolute atomic E-state index is 0.493. The van der Waals surface area contributed by atoms with Crippen molar-refractivity contribution in [1.29, 1.82) is 0 Å². The summed E-state index contributed by atoms with van der Waals surface area (Å²) < 4.78 is 57.5. The van der Waals surface area contributed by atoms with Crippen LogP contribution in [0.3, 0.4) is 0 Å². The maximum atomic E-state index is 12.1. The molecule has 0 aromatic carbocycles. The van der Waals surface area contributed by atoms with E-state index in [2.05, 4.69) is 5.10 Å². The molecular weight excluding hydrogens is 245 g/mol. The first-order valence-electron chi connectivity index (χ1n) is 3.22. The normalized spacial score (nSPS) is 13.1. The van der Waals surface area contributed by atoms with Crippen LogP contribution in [0.25, 0.3) is 0 Å². The van der Waals surface area contributed by atoms with E-state index < -0.39 is 32.2 Å². The monoisotopic (exact) mass is 248 g/mol. The number of alkyl halides is 3. The zero-order valence-corrected chi connectivity index (χ0v) is 8.04. The van der Waals surface area contributed by atoms with E-state index in [1.165, 1.54) is 0 Å². The number of halogens is 4. The Kier molecular flexibility index (Phi) is 2.77. The highest BCUT2D eigenvalue weighted by molar-refractivity contribution is 8.13. The van der Waals surface area contributed by atoms with Gasteiger partial charge in [-0.25, -0.2) is 8.42 Å². The summed E-state index contributed by atoms with van der Waals surface area (Å²) >= 11 is 0. The topological polar surface area (TPSA) is 62.8 Å². The molecular formula is C5H4ClF3N2O2S. The van der Waals surface area contributed by atoms with E-state index in [4.69, 9.17) is 10.7 Å². The van der Waals surface area contributed by atoms with Gasteiger partial charge >= 0.3 is 6.18 Å². The van der Waals surface area contributed by atoms with E-state index in [0.29, 0.717) is 0 Å². The van der Waals surface area contributed by atoms with Gasteiger partial charge in [0, 0.05) is 16.2 Å². The predicted octanol–water partition coefficient (Wildman–Crippen LogP) is 1.50. The molecule has 0 aliphatic rings. The fourth-order valence-electron chi connectivity index (χ4n) is 0.852. The van der Waals surface area contributed by atoms with Gasteiger partial charge < -0.3 is 0 Å². The summed E-state index contributed by atoms with van der Waals surface area (Å²) in [6, 6.07) is 0. The molecule has 80 valence electrons. The van der Waals surface area contributed by atoms with Crippen LogP contribution in [0, 0.1) is 0 Å². The summed E-state index contributed by atoms with van der Waals surface area (Å²) in [5.41, 5.74) is -1.69. The number of nitrogens with one attached hydrogen (secondary N) is 1. The van der Waals surface area contributed by atoms with Crippen LogP contribution in [0.15, 0.2) is 6.20 Å². The molecule has 0 aliphatic heterocycles. The third-order valence-corrected chi connectivity index (χ3v) is 2.31. The standard InChI is InChI=1S/C5H4ClF3N2O2S/c6-14(12,13)2-3-1-10-11-4(3)5(7,8)9/h1H,2H2,(H,10,11). The van der Waals surface area contributed by atoms with E-state index >= 15 is 0 Å². The molecule has 0 spiro atoms.